The molecule has 1 aromatic heterocycles. The number of hydrogen-bond donors (Lipinski definition) is 2. The van der Waals surface area contributed by atoms with Crippen LogP contribution in [0.2, 0.25) is 0 Å². The van der Waals surface area contributed by atoms with Crippen molar-refractivity contribution in [2.75, 3.05) is 12.3 Å². The number of nitrogen functional groups attached to an aromatic ring is 1. The zero-order valence-electron chi connectivity index (χ0n) is 11.2. The van der Waals surface area contributed by atoms with Gasteiger partial charge in [0.15, 0.2) is 9.34 Å². The summed E-state index contributed by atoms with van der Waals surface area (Å²) in [6, 6.07) is 0. The van der Waals surface area contributed by atoms with Crippen molar-refractivity contribution in [2.24, 2.45) is 5.92 Å². The number of aromatic nitrogens is 1. The molecule has 1 saturated carbocycles. The predicted molar refractivity (Wildman–Crippen MR) is 77.6 cm³/mol. The molecule has 0 aliphatic heterocycles. The number of nitrogens with zero attached hydrogens (tertiary/aromatic N) is 1. The van der Waals surface area contributed by atoms with Crippen LogP contribution in [0, 0.1) is 12.8 Å². The first-order valence-corrected chi connectivity index (χ1v) is 9.01. The van der Waals surface area contributed by atoms with Gasteiger partial charge in [-0.25, -0.2) is 18.1 Å². The Hall–Kier alpha value is -0.660. The summed E-state index contributed by atoms with van der Waals surface area (Å²) in [7, 11) is -3.44. The fourth-order valence-electron chi connectivity index (χ4n) is 2.59. The molecular formula is C12H21N3O2S2. The number of aryl methyl sites for hydroxylation is 1. The average Bonchev–Trinajstić information content (AvgIpc) is 2.70. The maximum absolute atomic E-state index is 12.1. The number of anilines is 1. The number of sulfonamides is 1. The number of thiazole rings is 1. The first-order chi connectivity index (χ1) is 8.99. The van der Waals surface area contributed by atoms with Gasteiger partial charge in [0.05, 0.1) is 5.69 Å². The quantitative estimate of drug-likeness (QED) is 0.874. The van der Waals surface area contributed by atoms with Gasteiger partial charge in [-0.15, -0.1) is 0 Å². The molecule has 2 rings (SSSR count). The molecule has 5 nitrogen and oxygen atoms in total. The summed E-state index contributed by atoms with van der Waals surface area (Å²) in [5.74, 6) is 0.670. The number of nitrogens with two attached hydrogens (primary N) is 1. The van der Waals surface area contributed by atoms with Crippen LogP contribution in [0.5, 0.6) is 0 Å². The Kier molecular flexibility index (Phi) is 4.81. The van der Waals surface area contributed by atoms with E-state index in [-0.39, 0.29) is 4.21 Å². The Bertz CT molecular complexity index is 519. The molecule has 1 fully saturated rings. The van der Waals surface area contributed by atoms with Crippen LogP contribution in [0.4, 0.5) is 5.13 Å². The minimum atomic E-state index is -3.44. The van der Waals surface area contributed by atoms with Gasteiger partial charge < -0.3 is 5.73 Å². The van der Waals surface area contributed by atoms with Gasteiger partial charge in [0.1, 0.15) is 0 Å². The predicted octanol–water partition coefficient (Wildman–Crippen LogP) is 2.28. The van der Waals surface area contributed by atoms with Crippen molar-refractivity contribution < 1.29 is 8.42 Å². The van der Waals surface area contributed by atoms with Crippen molar-refractivity contribution in [3.63, 3.8) is 0 Å². The maximum atomic E-state index is 12.1. The van der Waals surface area contributed by atoms with Crippen molar-refractivity contribution in [3.8, 4) is 0 Å². The lowest BCUT2D eigenvalue weighted by Gasteiger charge is -2.21. The second-order valence-corrected chi connectivity index (χ2v) is 8.11. The topological polar surface area (TPSA) is 85.1 Å². The van der Waals surface area contributed by atoms with Crippen molar-refractivity contribution in [3.05, 3.63) is 5.69 Å². The molecule has 0 aromatic carbocycles. The van der Waals surface area contributed by atoms with E-state index < -0.39 is 10.0 Å². The third-order valence-corrected chi connectivity index (χ3v) is 6.64. The molecular weight excluding hydrogens is 282 g/mol. The number of rotatable bonds is 5. The minimum Gasteiger partial charge on any atom is -0.375 e. The highest BCUT2D eigenvalue weighted by molar-refractivity contribution is 7.91. The molecule has 0 spiro atoms. The second-order valence-electron chi connectivity index (χ2n) is 5.12. The van der Waals surface area contributed by atoms with Crippen LogP contribution in [-0.2, 0) is 10.0 Å². The lowest BCUT2D eigenvalue weighted by Crippen LogP contribution is -2.26. The summed E-state index contributed by atoms with van der Waals surface area (Å²) < 4.78 is 27.1. The molecule has 0 bridgehead atoms. The first-order valence-electron chi connectivity index (χ1n) is 6.71. The van der Waals surface area contributed by atoms with Gasteiger partial charge in [0.25, 0.3) is 10.0 Å². The van der Waals surface area contributed by atoms with E-state index in [1.54, 1.807) is 6.92 Å². The highest BCUT2D eigenvalue weighted by atomic mass is 32.2. The highest BCUT2D eigenvalue weighted by Crippen LogP contribution is 2.27. The van der Waals surface area contributed by atoms with Gasteiger partial charge in [0.2, 0.25) is 0 Å². The van der Waals surface area contributed by atoms with Crippen LogP contribution in [0.25, 0.3) is 0 Å². The van der Waals surface area contributed by atoms with Crippen LogP contribution in [-0.4, -0.2) is 19.9 Å². The summed E-state index contributed by atoms with van der Waals surface area (Å²) >= 11 is 1.02. The molecule has 0 amide bonds. The molecule has 0 saturated heterocycles. The summed E-state index contributed by atoms with van der Waals surface area (Å²) in [6.45, 7) is 2.17. The highest BCUT2D eigenvalue weighted by Gasteiger charge is 2.21. The van der Waals surface area contributed by atoms with Gasteiger partial charge >= 0.3 is 0 Å². The number of nitrogens with one attached hydrogen (secondary N) is 1. The smallest absolute Gasteiger partial charge is 0.252 e. The van der Waals surface area contributed by atoms with E-state index in [0.29, 0.717) is 23.3 Å². The van der Waals surface area contributed by atoms with E-state index in [1.807, 2.05) is 0 Å². The molecule has 1 aliphatic carbocycles. The van der Waals surface area contributed by atoms with Crippen LogP contribution < -0.4 is 10.5 Å². The van der Waals surface area contributed by atoms with Crippen molar-refractivity contribution in [1.82, 2.24) is 9.71 Å². The molecule has 1 aromatic rings. The Morgan fingerprint density at radius 1 is 1.37 bits per heavy atom. The van der Waals surface area contributed by atoms with Gasteiger partial charge in [-0.3, -0.25) is 0 Å². The fraction of sp³-hybridized carbons (Fsp3) is 0.750. The zero-order chi connectivity index (χ0) is 13.9. The van der Waals surface area contributed by atoms with Crippen molar-refractivity contribution in [1.29, 1.82) is 0 Å². The average molecular weight is 303 g/mol. The first kappa shape index (κ1) is 14.7. The Morgan fingerprint density at radius 3 is 2.63 bits per heavy atom. The summed E-state index contributed by atoms with van der Waals surface area (Å²) in [5.41, 5.74) is 6.02. The van der Waals surface area contributed by atoms with Crippen LogP contribution >= 0.6 is 11.3 Å². The van der Waals surface area contributed by atoms with Crippen LogP contribution in [0.3, 0.4) is 0 Å². The van der Waals surface area contributed by atoms with Gasteiger partial charge in [-0.2, -0.15) is 0 Å². The summed E-state index contributed by atoms with van der Waals surface area (Å²) in [5, 5.41) is 0.296. The van der Waals surface area contributed by atoms with Gasteiger partial charge in [-0.1, -0.05) is 43.4 Å². The Labute approximate surface area is 118 Å². The van der Waals surface area contributed by atoms with E-state index in [4.69, 9.17) is 5.73 Å². The molecule has 0 atom stereocenters. The van der Waals surface area contributed by atoms with E-state index in [2.05, 4.69) is 9.71 Å². The molecule has 1 aliphatic rings. The number of hydrogen-bond acceptors (Lipinski definition) is 5. The third-order valence-electron chi connectivity index (χ3n) is 3.58. The fourth-order valence-corrected chi connectivity index (χ4v) is 4.98. The summed E-state index contributed by atoms with van der Waals surface area (Å²) in [4.78, 5) is 3.95. The largest absolute Gasteiger partial charge is 0.375 e. The zero-order valence-corrected chi connectivity index (χ0v) is 12.8. The third kappa shape index (κ3) is 3.90. The van der Waals surface area contributed by atoms with Crippen molar-refractivity contribution >= 4 is 26.5 Å². The lowest BCUT2D eigenvalue weighted by atomic mass is 9.87. The molecule has 19 heavy (non-hydrogen) atoms. The van der Waals surface area contributed by atoms with E-state index >= 15 is 0 Å². The maximum Gasteiger partial charge on any atom is 0.252 e. The van der Waals surface area contributed by atoms with Gasteiger partial charge in [-0.05, 0) is 19.3 Å². The Balaban J connectivity index is 1.89. The molecule has 3 N–H and O–H groups in total. The lowest BCUT2D eigenvalue weighted by molar-refractivity contribution is 0.340. The monoisotopic (exact) mass is 303 g/mol. The minimum absolute atomic E-state index is 0.244. The Morgan fingerprint density at radius 2 is 2.05 bits per heavy atom. The standard InChI is InChI=1S/C12H21N3O2S2/c1-9-11(18-12(13)15-9)19(16,17)14-8-7-10-5-3-2-4-6-10/h10,14H,2-8H2,1H3,(H2,13,15). The van der Waals surface area contributed by atoms with E-state index in [0.717, 1.165) is 17.8 Å². The molecule has 0 unspecified atom stereocenters. The van der Waals surface area contributed by atoms with Crippen LogP contribution in [0.15, 0.2) is 4.21 Å². The molecule has 108 valence electrons. The van der Waals surface area contributed by atoms with Gasteiger partial charge in [0, 0.05) is 6.54 Å². The van der Waals surface area contributed by atoms with E-state index in [9.17, 15) is 8.42 Å². The molecule has 7 heteroatoms. The molecule has 0 radical (unpaired) electrons. The SMILES string of the molecule is Cc1nc(N)sc1S(=O)(=O)NCCC1CCCCC1. The normalized spacial score (nSPS) is 17.7. The second kappa shape index (κ2) is 6.19. The molecule has 1 heterocycles. The summed E-state index contributed by atoms with van der Waals surface area (Å²) in [6.07, 6.45) is 7.26. The van der Waals surface area contributed by atoms with E-state index in [1.165, 1.54) is 32.1 Å². The van der Waals surface area contributed by atoms with Crippen LogP contribution in [0.1, 0.15) is 44.2 Å². The van der Waals surface area contributed by atoms with Crippen molar-refractivity contribution in [2.45, 2.75) is 49.7 Å².